The number of carbonyl (C=O) groups excluding carboxylic acids is 1. The molecule has 0 atom stereocenters. The lowest BCUT2D eigenvalue weighted by atomic mass is 10.2. The number of nitrogens with zero attached hydrogens (tertiary/aromatic N) is 1. The fourth-order valence-electron chi connectivity index (χ4n) is 2.02. The molecule has 2 heterocycles. The number of nitrogen functional groups attached to an aromatic ring is 1. The van der Waals surface area contributed by atoms with E-state index in [1.165, 1.54) is 0 Å². The Balaban J connectivity index is 0.00000132. The van der Waals surface area contributed by atoms with Gasteiger partial charge >= 0.3 is 0 Å². The van der Waals surface area contributed by atoms with Crippen LogP contribution in [0.25, 0.3) is 0 Å². The number of hydrogen-bond donors (Lipinski definition) is 2. The van der Waals surface area contributed by atoms with Gasteiger partial charge in [0.05, 0.1) is 28.5 Å². The zero-order valence-corrected chi connectivity index (χ0v) is 14.8. The number of hydrogen-bond acceptors (Lipinski definition) is 6. The predicted molar refractivity (Wildman–Crippen MR) is 95.3 cm³/mol. The van der Waals surface area contributed by atoms with E-state index >= 15 is 0 Å². The molecule has 1 aromatic heterocycles. The Morgan fingerprint density at radius 1 is 1.35 bits per heavy atom. The molecule has 6 nitrogen and oxygen atoms in total. The largest absolute Gasteiger partial charge is 0.454 e. The molecule has 0 saturated carbocycles. The van der Waals surface area contributed by atoms with E-state index in [-0.39, 0.29) is 43.9 Å². The van der Waals surface area contributed by atoms with Crippen molar-refractivity contribution in [3.63, 3.8) is 0 Å². The molecule has 0 aliphatic carbocycles. The number of fused-ring (bicyclic) bond motifs is 1. The number of anilines is 2. The molecular formula is C14H17Cl2N3O3S. The first-order valence-electron chi connectivity index (χ1n) is 6.58. The summed E-state index contributed by atoms with van der Waals surface area (Å²) >= 11 is 1.56. The Hall–Kier alpha value is -1.70. The molecule has 0 spiro atoms. The van der Waals surface area contributed by atoms with Crippen molar-refractivity contribution in [2.45, 2.75) is 19.8 Å². The van der Waals surface area contributed by atoms with Crippen LogP contribution in [0.15, 0.2) is 17.5 Å². The number of ether oxygens (including phenoxy) is 2. The summed E-state index contributed by atoms with van der Waals surface area (Å²) in [5, 5.41) is 5.71. The molecule has 3 rings (SSSR count). The number of aromatic nitrogens is 1. The summed E-state index contributed by atoms with van der Waals surface area (Å²) in [6.07, 6.45) is 1.10. The lowest BCUT2D eigenvalue weighted by Gasteiger charge is -2.08. The summed E-state index contributed by atoms with van der Waals surface area (Å²) in [4.78, 5) is 16.4. The smallest absolute Gasteiger partial charge is 0.231 e. The minimum atomic E-state index is -0.159. The highest BCUT2D eigenvalue weighted by atomic mass is 35.5. The van der Waals surface area contributed by atoms with Gasteiger partial charge < -0.3 is 20.5 Å². The second-order valence-corrected chi connectivity index (χ2v) is 5.55. The van der Waals surface area contributed by atoms with Crippen LogP contribution in [0.2, 0.25) is 0 Å². The number of halogens is 2. The average Bonchev–Trinajstić information content (AvgIpc) is 3.07. The van der Waals surface area contributed by atoms with Gasteiger partial charge in [-0.1, -0.05) is 6.92 Å². The van der Waals surface area contributed by atoms with Crippen LogP contribution in [0.4, 0.5) is 11.4 Å². The van der Waals surface area contributed by atoms with Crippen LogP contribution in [0, 0.1) is 0 Å². The first-order valence-corrected chi connectivity index (χ1v) is 7.46. The molecule has 1 amide bonds. The van der Waals surface area contributed by atoms with E-state index in [0.29, 0.717) is 22.9 Å². The van der Waals surface area contributed by atoms with Gasteiger partial charge in [0.15, 0.2) is 11.5 Å². The number of aryl methyl sites for hydroxylation is 1. The summed E-state index contributed by atoms with van der Waals surface area (Å²) in [7, 11) is 0. The second kappa shape index (κ2) is 8.24. The minimum absolute atomic E-state index is 0. The van der Waals surface area contributed by atoms with Gasteiger partial charge in [0, 0.05) is 17.5 Å². The van der Waals surface area contributed by atoms with Gasteiger partial charge in [0.1, 0.15) is 0 Å². The molecule has 0 fully saturated rings. The number of rotatable bonds is 4. The van der Waals surface area contributed by atoms with Crippen molar-refractivity contribution in [2.24, 2.45) is 0 Å². The van der Waals surface area contributed by atoms with Gasteiger partial charge in [-0.15, -0.1) is 36.2 Å². The maximum Gasteiger partial charge on any atom is 0.231 e. The number of thiazole rings is 1. The van der Waals surface area contributed by atoms with Crippen molar-refractivity contribution in [1.82, 2.24) is 4.98 Å². The second-order valence-electron chi connectivity index (χ2n) is 4.60. The zero-order chi connectivity index (χ0) is 14.8. The van der Waals surface area contributed by atoms with Gasteiger partial charge in [-0.2, -0.15) is 0 Å². The van der Waals surface area contributed by atoms with Gasteiger partial charge in [0.25, 0.3) is 0 Å². The first kappa shape index (κ1) is 19.3. The SMILES string of the molecule is CCc1nc(CC(=O)Nc2cc3c(cc2N)OCO3)cs1.Cl.Cl. The minimum Gasteiger partial charge on any atom is -0.454 e. The summed E-state index contributed by atoms with van der Waals surface area (Å²) in [6, 6.07) is 3.32. The first-order chi connectivity index (χ1) is 10.2. The highest BCUT2D eigenvalue weighted by Gasteiger charge is 2.17. The Morgan fingerprint density at radius 3 is 2.70 bits per heavy atom. The van der Waals surface area contributed by atoms with Crippen LogP contribution < -0.4 is 20.5 Å². The molecule has 1 aliphatic heterocycles. The van der Waals surface area contributed by atoms with Gasteiger partial charge in [-0.05, 0) is 6.42 Å². The molecule has 0 radical (unpaired) electrons. The van der Waals surface area contributed by atoms with Crippen LogP contribution >= 0.6 is 36.2 Å². The van der Waals surface area contributed by atoms with Crippen LogP contribution in [0.3, 0.4) is 0 Å². The number of nitrogens with one attached hydrogen (secondary N) is 1. The van der Waals surface area contributed by atoms with Crippen molar-refractivity contribution in [1.29, 1.82) is 0 Å². The lowest BCUT2D eigenvalue weighted by Crippen LogP contribution is -2.15. The maximum atomic E-state index is 12.1. The van der Waals surface area contributed by atoms with E-state index in [4.69, 9.17) is 15.2 Å². The predicted octanol–water partition coefficient (Wildman–Crippen LogP) is 3.04. The fourth-order valence-corrected chi connectivity index (χ4v) is 2.76. The summed E-state index contributed by atoms with van der Waals surface area (Å²) in [6.45, 7) is 2.21. The molecule has 3 N–H and O–H groups in total. The molecule has 0 bridgehead atoms. The van der Waals surface area contributed by atoms with E-state index in [9.17, 15) is 4.79 Å². The fraction of sp³-hybridized carbons (Fsp3) is 0.286. The Morgan fingerprint density at radius 2 is 2.04 bits per heavy atom. The Kier molecular flexibility index (Phi) is 6.93. The molecule has 2 aromatic rings. The summed E-state index contributed by atoms with van der Waals surface area (Å²) in [5.41, 5.74) is 7.64. The lowest BCUT2D eigenvalue weighted by molar-refractivity contribution is -0.115. The monoisotopic (exact) mass is 377 g/mol. The molecule has 0 unspecified atom stereocenters. The third kappa shape index (κ3) is 4.40. The molecular weight excluding hydrogens is 361 g/mol. The summed E-state index contributed by atoms with van der Waals surface area (Å²) in [5.74, 6) is 1.02. The number of carbonyl (C=O) groups is 1. The number of nitrogens with two attached hydrogens (primary N) is 1. The molecule has 1 aliphatic rings. The number of amides is 1. The van der Waals surface area contributed by atoms with Crippen molar-refractivity contribution >= 4 is 53.4 Å². The van der Waals surface area contributed by atoms with Crippen molar-refractivity contribution < 1.29 is 14.3 Å². The average molecular weight is 378 g/mol. The standard InChI is InChI=1S/C14H15N3O3S.2ClH/c1-2-14-16-8(6-21-14)3-13(18)17-10-5-12-11(4-9(10)15)19-7-20-12;;/h4-6H,2-3,7,15H2,1H3,(H,17,18);2*1H. The van der Waals surface area contributed by atoms with Crippen LogP contribution in [0.1, 0.15) is 17.6 Å². The zero-order valence-electron chi connectivity index (χ0n) is 12.3. The summed E-state index contributed by atoms with van der Waals surface area (Å²) < 4.78 is 10.5. The van der Waals surface area contributed by atoms with Gasteiger partial charge in [-0.25, -0.2) is 4.98 Å². The van der Waals surface area contributed by atoms with Crippen LogP contribution in [0.5, 0.6) is 11.5 Å². The Bertz CT molecular complexity index is 694. The molecule has 126 valence electrons. The van der Waals surface area contributed by atoms with E-state index in [1.807, 2.05) is 12.3 Å². The van der Waals surface area contributed by atoms with Crippen molar-refractivity contribution in [2.75, 3.05) is 17.8 Å². The third-order valence-corrected chi connectivity index (χ3v) is 4.10. The van der Waals surface area contributed by atoms with E-state index in [1.54, 1.807) is 23.5 Å². The Labute approximate surface area is 150 Å². The quantitative estimate of drug-likeness (QED) is 0.799. The van der Waals surface area contributed by atoms with Crippen LogP contribution in [-0.2, 0) is 17.6 Å². The molecule has 9 heteroatoms. The van der Waals surface area contributed by atoms with Crippen molar-refractivity contribution in [3.05, 3.63) is 28.2 Å². The van der Waals surface area contributed by atoms with E-state index < -0.39 is 0 Å². The van der Waals surface area contributed by atoms with Gasteiger partial charge in [-0.3, -0.25) is 4.79 Å². The van der Waals surface area contributed by atoms with Crippen LogP contribution in [-0.4, -0.2) is 17.7 Å². The highest BCUT2D eigenvalue weighted by molar-refractivity contribution is 7.09. The normalized spacial score (nSPS) is 11.3. The molecule has 1 aromatic carbocycles. The maximum absolute atomic E-state index is 12.1. The number of benzene rings is 1. The topological polar surface area (TPSA) is 86.5 Å². The molecule has 0 saturated heterocycles. The highest BCUT2D eigenvalue weighted by Crippen LogP contribution is 2.38. The molecule has 23 heavy (non-hydrogen) atoms. The van der Waals surface area contributed by atoms with E-state index in [2.05, 4.69) is 10.3 Å². The van der Waals surface area contributed by atoms with Crippen molar-refractivity contribution in [3.8, 4) is 11.5 Å². The third-order valence-electron chi connectivity index (χ3n) is 3.06. The van der Waals surface area contributed by atoms with Gasteiger partial charge in [0.2, 0.25) is 12.7 Å². The van der Waals surface area contributed by atoms with E-state index in [0.717, 1.165) is 17.1 Å².